The molecule has 0 saturated carbocycles. The summed E-state index contributed by atoms with van der Waals surface area (Å²) in [5, 5.41) is 2.67. The van der Waals surface area contributed by atoms with Gasteiger partial charge in [0, 0.05) is 13.6 Å². The molecule has 0 aromatic heterocycles. The second kappa shape index (κ2) is 7.56. The highest BCUT2D eigenvalue weighted by Crippen LogP contribution is 2.36. The summed E-state index contributed by atoms with van der Waals surface area (Å²) in [5.74, 6) is 1.98. The van der Waals surface area contributed by atoms with E-state index in [-0.39, 0.29) is 5.91 Å². The minimum absolute atomic E-state index is 0.131. The van der Waals surface area contributed by atoms with Crippen LogP contribution in [0, 0.1) is 6.92 Å². The Balaban J connectivity index is 1.94. The summed E-state index contributed by atoms with van der Waals surface area (Å²) in [5.41, 5.74) is 3.18. The largest absolute Gasteiger partial charge is 0.493 e. The number of methoxy groups -OCH3 is 2. The minimum atomic E-state index is -0.546. The molecule has 0 unspecified atom stereocenters. The fourth-order valence-corrected chi connectivity index (χ4v) is 3.15. The van der Waals surface area contributed by atoms with E-state index in [0.29, 0.717) is 30.3 Å². The van der Waals surface area contributed by atoms with Crippen molar-refractivity contribution in [3.63, 3.8) is 0 Å². The Labute approximate surface area is 153 Å². The van der Waals surface area contributed by atoms with Gasteiger partial charge in [-0.05, 0) is 42.3 Å². The number of benzene rings is 2. The van der Waals surface area contributed by atoms with E-state index in [4.69, 9.17) is 14.2 Å². The van der Waals surface area contributed by atoms with E-state index in [1.807, 2.05) is 43.3 Å². The molecule has 0 aliphatic carbocycles. The van der Waals surface area contributed by atoms with Gasteiger partial charge in [0.1, 0.15) is 5.75 Å². The summed E-state index contributed by atoms with van der Waals surface area (Å²) < 4.78 is 16.7. The van der Waals surface area contributed by atoms with Crippen LogP contribution in [0.1, 0.15) is 11.1 Å². The van der Waals surface area contributed by atoms with Crippen molar-refractivity contribution >= 4 is 11.6 Å². The van der Waals surface area contributed by atoms with Crippen LogP contribution in [-0.4, -0.2) is 39.8 Å². The van der Waals surface area contributed by atoms with Gasteiger partial charge in [0.2, 0.25) is 0 Å². The smallest absolute Gasteiger partial charge is 0.262 e. The monoisotopic (exact) mass is 356 g/mol. The van der Waals surface area contributed by atoms with Crippen LogP contribution in [-0.2, 0) is 11.3 Å². The van der Waals surface area contributed by atoms with Gasteiger partial charge < -0.3 is 24.4 Å². The Morgan fingerprint density at radius 1 is 1.23 bits per heavy atom. The maximum Gasteiger partial charge on any atom is 0.262 e. The number of hydrogen-bond donors (Lipinski definition) is 1. The third kappa shape index (κ3) is 3.40. The molecule has 3 rings (SSSR count). The number of amides is 1. The molecule has 0 saturated heterocycles. The molecule has 2 aromatic carbocycles. The molecule has 2 aromatic rings. The molecule has 1 atom stereocenters. The summed E-state index contributed by atoms with van der Waals surface area (Å²) in [6.45, 7) is 3.16. The molecule has 1 N–H and O–H groups in total. The quantitative estimate of drug-likeness (QED) is 0.892. The number of anilines is 1. The lowest BCUT2D eigenvalue weighted by Gasteiger charge is -2.35. The van der Waals surface area contributed by atoms with Crippen LogP contribution >= 0.6 is 0 Å². The maximum atomic E-state index is 12.1. The third-order valence-electron chi connectivity index (χ3n) is 4.60. The summed E-state index contributed by atoms with van der Waals surface area (Å²) >= 11 is 0. The first kappa shape index (κ1) is 17.9. The molecule has 0 fully saturated rings. The molecule has 6 nitrogen and oxygen atoms in total. The number of ether oxygens (including phenoxy) is 3. The van der Waals surface area contributed by atoms with Gasteiger partial charge in [-0.25, -0.2) is 0 Å². The number of aryl methyl sites for hydroxylation is 1. The highest BCUT2D eigenvalue weighted by Gasteiger charge is 2.30. The van der Waals surface area contributed by atoms with Crippen LogP contribution in [0.15, 0.2) is 36.4 Å². The van der Waals surface area contributed by atoms with Crippen molar-refractivity contribution < 1.29 is 19.0 Å². The topological polar surface area (TPSA) is 60.0 Å². The van der Waals surface area contributed by atoms with Gasteiger partial charge in [-0.15, -0.1) is 0 Å². The van der Waals surface area contributed by atoms with E-state index in [0.717, 1.165) is 16.8 Å². The van der Waals surface area contributed by atoms with Crippen LogP contribution in [0.25, 0.3) is 0 Å². The van der Waals surface area contributed by atoms with Crippen LogP contribution in [0.5, 0.6) is 17.2 Å². The van der Waals surface area contributed by atoms with Crippen molar-refractivity contribution in [2.75, 3.05) is 32.7 Å². The molecule has 138 valence electrons. The van der Waals surface area contributed by atoms with Crippen molar-refractivity contribution in [3.8, 4) is 17.2 Å². The lowest BCUT2D eigenvalue weighted by molar-refractivity contribution is -0.127. The first-order chi connectivity index (χ1) is 12.6. The number of rotatable bonds is 5. The molecule has 1 aliphatic heterocycles. The molecule has 1 amide bonds. The summed E-state index contributed by atoms with van der Waals surface area (Å²) in [6.07, 6.45) is -0.546. The van der Waals surface area contributed by atoms with Crippen molar-refractivity contribution in [2.45, 2.75) is 19.6 Å². The molecule has 1 heterocycles. The zero-order chi connectivity index (χ0) is 18.7. The van der Waals surface area contributed by atoms with Crippen molar-refractivity contribution in [1.29, 1.82) is 0 Å². The van der Waals surface area contributed by atoms with Gasteiger partial charge in [0.05, 0.1) is 26.5 Å². The molecular weight excluding hydrogens is 332 g/mol. The maximum absolute atomic E-state index is 12.1. The van der Waals surface area contributed by atoms with Crippen molar-refractivity contribution in [2.24, 2.45) is 0 Å². The number of hydrogen-bond acceptors (Lipinski definition) is 5. The molecule has 0 spiro atoms. The summed E-state index contributed by atoms with van der Waals surface area (Å²) in [7, 11) is 4.88. The number of carbonyl (C=O) groups excluding carboxylic acids is 1. The molecule has 26 heavy (non-hydrogen) atoms. The van der Waals surface area contributed by atoms with Gasteiger partial charge in [0.15, 0.2) is 17.6 Å². The predicted octanol–water partition coefficient (Wildman–Crippen LogP) is 2.53. The fourth-order valence-electron chi connectivity index (χ4n) is 3.15. The van der Waals surface area contributed by atoms with Gasteiger partial charge in [-0.3, -0.25) is 4.79 Å². The van der Waals surface area contributed by atoms with Crippen LogP contribution < -0.4 is 24.4 Å². The second-order valence-electron chi connectivity index (χ2n) is 6.20. The lowest BCUT2D eigenvalue weighted by Crippen LogP contribution is -2.48. The van der Waals surface area contributed by atoms with Crippen LogP contribution in [0.3, 0.4) is 0 Å². The number of nitrogens with zero attached hydrogens (tertiary/aromatic N) is 1. The van der Waals surface area contributed by atoms with Gasteiger partial charge in [0.25, 0.3) is 5.91 Å². The summed E-state index contributed by atoms with van der Waals surface area (Å²) in [6, 6.07) is 11.7. The second-order valence-corrected chi connectivity index (χ2v) is 6.20. The Morgan fingerprint density at radius 2 is 1.92 bits per heavy atom. The SMILES string of the molecule is CNC(=O)[C@@H]1CN(Cc2cc(OC)c(OC)cc2C)c2ccccc2O1. The molecule has 0 radical (unpaired) electrons. The lowest BCUT2D eigenvalue weighted by atomic mass is 10.1. The molecule has 1 aliphatic rings. The molecule has 6 heteroatoms. The Kier molecular flexibility index (Phi) is 5.21. The van der Waals surface area contributed by atoms with E-state index < -0.39 is 6.10 Å². The number of likely N-dealkylation sites (N-methyl/N-ethyl adjacent to an activating group) is 1. The van der Waals surface area contributed by atoms with E-state index >= 15 is 0 Å². The van der Waals surface area contributed by atoms with Crippen LogP contribution in [0.4, 0.5) is 5.69 Å². The van der Waals surface area contributed by atoms with E-state index in [2.05, 4.69) is 10.2 Å². The van der Waals surface area contributed by atoms with E-state index in [1.54, 1.807) is 21.3 Å². The van der Waals surface area contributed by atoms with Gasteiger partial charge >= 0.3 is 0 Å². The average Bonchev–Trinajstić information content (AvgIpc) is 2.68. The van der Waals surface area contributed by atoms with Crippen molar-refractivity contribution in [1.82, 2.24) is 5.32 Å². The highest BCUT2D eigenvalue weighted by molar-refractivity contribution is 5.83. The zero-order valence-electron chi connectivity index (χ0n) is 15.5. The zero-order valence-corrected chi connectivity index (χ0v) is 15.5. The van der Waals surface area contributed by atoms with Crippen molar-refractivity contribution in [3.05, 3.63) is 47.5 Å². The van der Waals surface area contributed by atoms with Gasteiger partial charge in [-0.2, -0.15) is 0 Å². The molecular formula is C20H24N2O4. The standard InChI is InChI=1S/C20H24N2O4/c1-13-9-17(24-3)18(25-4)10-14(13)11-22-12-19(20(23)21-2)26-16-8-6-5-7-15(16)22/h5-10,19H,11-12H2,1-4H3,(H,21,23)/t19-/m0/s1. The van der Waals surface area contributed by atoms with Gasteiger partial charge in [-0.1, -0.05) is 12.1 Å². The third-order valence-corrected chi connectivity index (χ3v) is 4.60. The van der Waals surface area contributed by atoms with Crippen LogP contribution in [0.2, 0.25) is 0 Å². The number of fused-ring (bicyclic) bond motifs is 1. The number of carbonyl (C=O) groups is 1. The highest BCUT2D eigenvalue weighted by atomic mass is 16.5. The predicted molar refractivity (Wildman–Crippen MR) is 100 cm³/mol. The Bertz CT molecular complexity index is 806. The first-order valence-electron chi connectivity index (χ1n) is 8.51. The molecule has 0 bridgehead atoms. The first-order valence-corrected chi connectivity index (χ1v) is 8.51. The van der Waals surface area contributed by atoms with E-state index in [1.165, 1.54) is 0 Å². The Morgan fingerprint density at radius 3 is 2.62 bits per heavy atom. The fraction of sp³-hybridized carbons (Fsp3) is 0.350. The summed E-state index contributed by atoms with van der Waals surface area (Å²) in [4.78, 5) is 14.3. The van der Waals surface area contributed by atoms with E-state index in [9.17, 15) is 4.79 Å². The Hall–Kier alpha value is -2.89. The number of para-hydroxylation sites is 2. The average molecular weight is 356 g/mol. The normalized spacial score (nSPS) is 15.7. The minimum Gasteiger partial charge on any atom is -0.493 e. The number of nitrogens with one attached hydrogen (secondary N) is 1.